The van der Waals surface area contributed by atoms with Gasteiger partial charge in [-0.2, -0.15) is 13.2 Å². The van der Waals surface area contributed by atoms with Gasteiger partial charge >= 0.3 is 18.1 Å². The Labute approximate surface area is 210 Å². The lowest BCUT2D eigenvalue weighted by Crippen LogP contribution is -2.21. The molecule has 3 aromatic rings. The number of rotatable bonds is 7. The summed E-state index contributed by atoms with van der Waals surface area (Å²) in [6, 6.07) is 17.2. The number of benzene rings is 2. The van der Waals surface area contributed by atoms with Crippen LogP contribution >= 0.6 is 27.3 Å². The van der Waals surface area contributed by atoms with Gasteiger partial charge in [-0.3, -0.25) is 4.72 Å². The van der Waals surface area contributed by atoms with Crippen LogP contribution in [0.15, 0.2) is 68.7 Å². The first-order valence-electron chi connectivity index (χ1n) is 9.41. The smallest absolute Gasteiger partial charge is 0.478 e. The van der Waals surface area contributed by atoms with Gasteiger partial charge in [0, 0.05) is 13.6 Å². The summed E-state index contributed by atoms with van der Waals surface area (Å²) in [5.41, 5.74) is 1.83. The molecule has 35 heavy (non-hydrogen) atoms. The number of carboxylic acids is 2. The van der Waals surface area contributed by atoms with E-state index in [1.54, 1.807) is 12.1 Å². The van der Waals surface area contributed by atoms with Crippen LogP contribution in [0.2, 0.25) is 0 Å². The summed E-state index contributed by atoms with van der Waals surface area (Å²) in [5.74, 6) is -3.89. The van der Waals surface area contributed by atoms with E-state index in [1.165, 1.54) is 18.2 Å². The van der Waals surface area contributed by atoms with E-state index in [0.717, 1.165) is 16.9 Å². The van der Waals surface area contributed by atoms with Crippen molar-refractivity contribution in [3.8, 4) is 0 Å². The zero-order valence-corrected chi connectivity index (χ0v) is 21.0. The third-order valence-corrected chi connectivity index (χ3v) is 7.70. The Hall–Kier alpha value is -3.10. The average molecular weight is 595 g/mol. The van der Waals surface area contributed by atoms with Crippen molar-refractivity contribution in [1.82, 2.24) is 0 Å². The van der Waals surface area contributed by atoms with Crippen LogP contribution < -0.4 is 9.62 Å². The number of carboxylic acid groups (broad SMARTS) is 2. The highest BCUT2D eigenvalue weighted by atomic mass is 79.9. The van der Waals surface area contributed by atoms with E-state index in [2.05, 4.69) is 20.7 Å². The summed E-state index contributed by atoms with van der Waals surface area (Å²) in [4.78, 5) is 22.1. The topological polar surface area (TPSA) is 124 Å². The van der Waals surface area contributed by atoms with Gasteiger partial charge in [0.1, 0.15) is 4.21 Å². The van der Waals surface area contributed by atoms with E-state index in [9.17, 15) is 31.5 Å². The monoisotopic (exact) mass is 594 g/mol. The van der Waals surface area contributed by atoms with E-state index in [0.29, 0.717) is 16.0 Å². The van der Waals surface area contributed by atoms with Crippen LogP contribution in [0.3, 0.4) is 0 Å². The van der Waals surface area contributed by atoms with Gasteiger partial charge in [0.25, 0.3) is 10.0 Å². The average Bonchev–Trinajstić information content (AvgIpc) is 3.21. The number of hydrogen-bond donors (Lipinski definition) is 3. The minimum Gasteiger partial charge on any atom is -0.478 e. The number of aliphatic carboxylic acids is 1. The van der Waals surface area contributed by atoms with Gasteiger partial charge < -0.3 is 15.1 Å². The van der Waals surface area contributed by atoms with Gasteiger partial charge in [-0.15, -0.1) is 11.3 Å². The van der Waals surface area contributed by atoms with E-state index in [1.807, 2.05) is 42.3 Å². The molecule has 0 radical (unpaired) electrons. The van der Waals surface area contributed by atoms with Crippen LogP contribution in [0.25, 0.3) is 0 Å². The predicted octanol–water partition coefficient (Wildman–Crippen LogP) is 5.28. The molecule has 0 unspecified atom stereocenters. The first kappa shape index (κ1) is 28.1. The van der Waals surface area contributed by atoms with E-state index in [4.69, 9.17) is 9.90 Å². The normalized spacial score (nSPS) is 11.2. The molecular formula is C21H18BrF3N2O6S2. The summed E-state index contributed by atoms with van der Waals surface area (Å²) < 4.78 is 60.6. The number of sulfonamides is 1. The van der Waals surface area contributed by atoms with Gasteiger partial charge in [0.2, 0.25) is 0 Å². The van der Waals surface area contributed by atoms with Gasteiger partial charge in [0.15, 0.2) is 0 Å². The number of nitrogens with zero attached hydrogens (tertiary/aromatic N) is 1. The molecule has 3 rings (SSSR count). The number of nitrogens with one attached hydrogen (secondary N) is 1. The summed E-state index contributed by atoms with van der Waals surface area (Å²) >= 11 is 4.33. The van der Waals surface area contributed by atoms with Gasteiger partial charge in [-0.1, -0.05) is 30.3 Å². The Bertz CT molecular complexity index is 1300. The molecule has 0 aliphatic heterocycles. The highest BCUT2D eigenvalue weighted by Crippen LogP contribution is 2.32. The molecule has 0 aliphatic rings. The highest BCUT2D eigenvalue weighted by Gasteiger charge is 2.38. The van der Waals surface area contributed by atoms with Crippen molar-refractivity contribution < 1.29 is 41.4 Å². The van der Waals surface area contributed by atoms with E-state index >= 15 is 0 Å². The Morgan fingerprint density at radius 1 is 1.06 bits per heavy atom. The Morgan fingerprint density at radius 2 is 1.66 bits per heavy atom. The largest absolute Gasteiger partial charge is 0.490 e. The molecule has 0 atom stereocenters. The Balaban J connectivity index is 0.000000540. The molecule has 3 N–H and O–H groups in total. The minimum atomic E-state index is -5.08. The van der Waals surface area contributed by atoms with Crippen molar-refractivity contribution >= 4 is 60.6 Å². The maximum absolute atomic E-state index is 12.7. The molecule has 1 aromatic heterocycles. The molecule has 0 fully saturated rings. The Morgan fingerprint density at radius 3 is 2.14 bits per heavy atom. The van der Waals surface area contributed by atoms with Crippen molar-refractivity contribution in [3.63, 3.8) is 0 Å². The Kier molecular flexibility index (Phi) is 9.29. The lowest BCUT2D eigenvalue weighted by molar-refractivity contribution is -0.192. The summed E-state index contributed by atoms with van der Waals surface area (Å²) in [5, 5.41) is 16.4. The molecule has 0 amide bonds. The number of alkyl halides is 3. The maximum atomic E-state index is 12.7. The molecule has 0 saturated heterocycles. The first-order valence-corrected chi connectivity index (χ1v) is 12.5. The molecule has 14 heteroatoms. The molecule has 1 heterocycles. The zero-order valence-electron chi connectivity index (χ0n) is 17.8. The second-order valence-corrected chi connectivity index (χ2v) is 11.2. The van der Waals surface area contributed by atoms with Gasteiger partial charge in [-0.05, 0) is 51.8 Å². The van der Waals surface area contributed by atoms with Crippen molar-refractivity contribution in [2.75, 3.05) is 16.7 Å². The number of hydrogen-bond acceptors (Lipinski definition) is 6. The van der Waals surface area contributed by atoms with E-state index < -0.39 is 28.1 Å². The molecule has 0 aliphatic carbocycles. The summed E-state index contributed by atoms with van der Waals surface area (Å²) in [6.45, 7) is 0.534. The highest BCUT2D eigenvalue weighted by molar-refractivity contribution is 9.11. The lowest BCUT2D eigenvalue weighted by Gasteiger charge is -2.23. The summed E-state index contributed by atoms with van der Waals surface area (Å²) in [7, 11) is -2.02. The molecule has 8 nitrogen and oxygen atoms in total. The van der Waals surface area contributed by atoms with Crippen molar-refractivity contribution in [1.29, 1.82) is 0 Å². The molecule has 0 bridgehead atoms. The first-order chi connectivity index (χ1) is 16.2. The number of thiophene rings is 1. The standard InChI is InChI=1S/C19H17BrN2O4S2.C2HF3O2/c1-22(12-13-5-3-2-4-6-13)16-8-7-14(19(23)24)11-15(16)21-28(25,26)18-10-9-17(20)27-18;3-2(4,5)1(6)7/h2-11,21H,12H2,1H3,(H,23,24);(H,6,7). The van der Waals surface area contributed by atoms with Gasteiger partial charge in [0.05, 0.1) is 20.7 Å². The van der Waals surface area contributed by atoms with Crippen LogP contribution in [0, 0.1) is 0 Å². The fourth-order valence-electron chi connectivity index (χ4n) is 2.66. The van der Waals surface area contributed by atoms with Crippen LogP contribution in [-0.4, -0.2) is 43.8 Å². The maximum Gasteiger partial charge on any atom is 0.490 e. The number of anilines is 2. The second kappa shape index (κ2) is 11.6. The third-order valence-electron chi connectivity index (χ3n) is 4.22. The second-order valence-electron chi connectivity index (χ2n) is 6.85. The number of aromatic carboxylic acids is 1. The predicted molar refractivity (Wildman–Crippen MR) is 128 cm³/mol. The SMILES string of the molecule is CN(Cc1ccccc1)c1ccc(C(=O)O)cc1NS(=O)(=O)c1ccc(Br)s1.O=C(O)C(F)(F)F. The third kappa shape index (κ3) is 8.26. The minimum absolute atomic E-state index is 0.00178. The van der Waals surface area contributed by atoms with Gasteiger partial charge in [-0.25, -0.2) is 18.0 Å². The number of halogens is 4. The molecular weight excluding hydrogens is 577 g/mol. The van der Waals surface area contributed by atoms with Crippen LogP contribution in [0.5, 0.6) is 0 Å². The van der Waals surface area contributed by atoms with Crippen LogP contribution in [0.4, 0.5) is 24.5 Å². The fraction of sp³-hybridized carbons (Fsp3) is 0.143. The quantitative estimate of drug-likeness (QED) is 0.340. The van der Waals surface area contributed by atoms with Crippen LogP contribution in [0.1, 0.15) is 15.9 Å². The molecule has 2 aromatic carbocycles. The van der Waals surface area contributed by atoms with Crippen molar-refractivity contribution in [3.05, 3.63) is 75.6 Å². The molecule has 188 valence electrons. The molecule has 0 saturated carbocycles. The summed E-state index contributed by atoms with van der Waals surface area (Å²) in [6.07, 6.45) is -5.08. The fourth-order valence-corrected chi connectivity index (χ4v) is 5.74. The lowest BCUT2D eigenvalue weighted by atomic mass is 10.1. The van der Waals surface area contributed by atoms with E-state index in [-0.39, 0.29) is 15.5 Å². The number of carbonyl (C=O) groups is 2. The van der Waals surface area contributed by atoms with Crippen LogP contribution in [-0.2, 0) is 21.4 Å². The molecule has 0 spiro atoms. The zero-order chi connectivity index (χ0) is 26.4. The van der Waals surface area contributed by atoms with Crippen molar-refractivity contribution in [2.45, 2.75) is 16.9 Å². The van der Waals surface area contributed by atoms with Crippen molar-refractivity contribution in [2.24, 2.45) is 0 Å².